The van der Waals surface area contributed by atoms with Crippen molar-refractivity contribution >= 4 is 5.82 Å². The van der Waals surface area contributed by atoms with E-state index in [4.69, 9.17) is 5.73 Å². The number of aromatic nitrogens is 3. The predicted molar refractivity (Wildman–Crippen MR) is 46.8 cm³/mol. The second-order valence-electron chi connectivity index (χ2n) is 2.95. The fourth-order valence-electron chi connectivity index (χ4n) is 1.42. The molecule has 0 bridgehead atoms. The molecule has 0 fully saturated rings. The van der Waals surface area contributed by atoms with Crippen molar-refractivity contribution in [3.05, 3.63) is 17.8 Å². The molecular weight excluding hydrogens is 152 g/mol. The molecule has 0 aromatic heterocycles. The first kappa shape index (κ1) is 7.09. The summed E-state index contributed by atoms with van der Waals surface area (Å²) in [6, 6.07) is 1.97. The van der Waals surface area contributed by atoms with E-state index in [1.807, 2.05) is 30.8 Å². The second kappa shape index (κ2) is 2.20. The van der Waals surface area contributed by atoms with Crippen LogP contribution in [0.2, 0.25) is 0 Å². The molecule has 2 rings (SSSR count). The lowest BCUT2D eigenvalue weighted by Gasteiger charge is -2.06. The van der Waals surface area contributed by atoms with E-state index in [1.165, 1.54) is 0 Å². The fourth-order valence-corrected chi connectivity index (χ4v) is 1.42. The number of nitrogen functional groups attached to an aromatic ring is 1. The van der Waals surface area contributed by atoms with Crippen LogP contribution in [0.4, 0.5) is 5.82 Å². The van der Waals surface area contributed by atoms with Crippen molar-refractivity contribution in [3.8, 4) is 11.4 Å². The van der Waals surface area contributed by atoms with Gasteiger partial charge in [0.05, 0.1) is 0 Å². The molecule has 2 heterocycles. The maximum absolute atomic E-state index is 5.63. The van der Waals surface area contributed by atoms with Crippen molar-refractivity contribution in [2.24, 2.45) is 7.05 Å². The Labute approximate surface area is 70.4 Å². The number of rotatable bonds is 0. The molecule has 0 aromatic rings. The zero-order valence-electron chi connectivity index (χ0n) is 7.07. The Morgan fingerprint density at radius 1 is 1.42 bits per heavy atom. The van der Waals surface area contributed by atoms with E-state index in [-0.39, 0.29) is 0 Å². The van der Waals surface area contributed by atoms with Gasteiger partial charge in [-0.05, 0) is 18.6 Å². The number of nitrogens with two attached hydrogens (primary N) is 1. The number of hydrogen-bond donors (Lipinski definition) is 1. The Morgan fingerprint density at radius 2 is 2.17 bits per heavy atom. The summed E-state index contributed by atoms with van der Waals surface area (Å²) in [7, 11) is 1.94. The number of nitrogens with zero attached hydrogens (tertiary/aromatic N) is 3. The van der Waals surface area contributed by atoms with E-state index in [1.54, 1.807) is 0 Å². The van der Waals surface area contributed by atoms with E-state index >= 15 is 0 Å². The van der Waals surface area contributed by atoms with Crippen molar-refractivity contribution in [2.45, 2.75) is 6.92 Å². The highest BCUT2D eigenvalue weighted by molar-refractivity contribution is 5.69. The molecule has 2 aliphatic rings. The molecule has 0 aliphatic carbocycles. The molecule has 0 saturated carbocycles. The highest BCUT2D eigenvalue weighted by atomic mass is 15.2. The summed E-state index contributed by atoms with van der Waals surface area (Å²) in [6.07, 6.45) is 2.00. The van der Waals surface area contributed by atoms with Crippen LogP contribution in [0.25, 0.3) is 11.4 Å². The average Bonchev–Trinajstić information content (AvgIpc) is 2.31. The number of fused-ring (bicyclic) bond motifs is 1. The Morgan fingerprint density at radius 3 is 2.92 bits per heavy atom. The molecule has 62 valence electrons. The SMILES string of the molecule is Cc1cc2nnc(N)c-2n(C)c1. The summed E-state index contributed by atoms with van der Waals surface area (Å²) < 4.78 is 1.94. The van der Waals surface area contributed by atoms with Gasteiger partial charge in [-0.15, -0.1) is 10.2 Å². The zero-order chi connectivity index (χ0) is 8.72. The number of anilines is 1. The lowest BCUT2D eigenvalue weighted by Crippen LogP contribution is -1.99. The molecule has 2 aliphatic heterocycles. The topological polar surface area (TPSA) is 56.7 Å². The molecule has 12 heavy (non-hydrogen) atoms. The van der Waals surface area contributed by atoms with Gasteiger partial charge in [0.1, 0.15) is 11.4 Å². The van der Waals surface area contributed by atoms with Gasteiger partial charge >= 0.3 is 0 Å². The molecule has 0 aromatic carbocycles. The van der Waals surface area contributed by atoms with Crippen LogP contribution in [0, 0.1) is 6.92 Å². The number of hydrogen-bond acceptors (Lipinski definition) is 3. The quantitative estimate of drug-likeness (QED) is 0.623. The standard InChI is InChI=1S/C8H10N4/c1-5-3-6-7(12(2)4-5)8(9)11-10-6/h3-4H,9H2,1-2H3. The van der Waals surface area contributed by atoms with E-state index in [9.17, 15) is 0 Å². The molecule has 4 nitrogen and oxygen atoms in total. The minimum absolute atomic E-state index is 0.493. The van der Waals surface area contributed by atoms with E-state index in [0.717, 1.165) is 17.0 Å². The third-order valence-electron chi connectivity index (χ3n) is 1.87. The largest absolute Gasteiger partial charge is 0.380 e. The third-order valence-corrected chi connectivity index (χ3v) is 1.87. The Bertz CT molecular complexity index is 391. The zero-order valence-corrected chi connectivity index (χ0v) is 7.07. The monoisotopic (exact) mass is 162 g/mol. The fraction of sp³-hybridized carbons (Fsp3) is 0.250. The molecule has 0 atom stereocenters. The summed E-state index contributed by atoms with van der Waals surface area (Å²) in [5.41, 5.74) is 8.55. The van der Waals surface area contributed by atoms with Gasteiger partial charge in [-0.1, -0.05) is 0 Å². The molecule has 0 spiro atoms. The van der Waals surface area contributed by atoms with Crippen LogP contribution in [0.3, 0.4) is 0 Å². The van der Waals surface area contributed by atoms with Crippen LogP contribution in [0.5, 0.6) is 0 Å². The highest BCUT2D eigenvalue weighted by Gasteiger charge is 2.12. The summed E-state index contributed by atoms with van der Waals surface area (Å²) in [6.45, 7) is 2.02. The summed E-state index contributed by atoms with van der Waals surface area (Å²) in [5.74, 6) is 0.493. The first-order valence-corrected chi connectivity index (χ1v) is 3.73. The van der Waals surface area contributed by atoms with Crippen LogP contribution in [0.15, 0.2) is 12.3 Å². The first-order chi connectivity index (χ1) is 5.68. The van der Waals surface area contributed by atoms with Gasteiger partial charge in [0.2, 0.25) is 0 Å². The molecule has 0 amide bonds. The van der Waals surface area contributed by atoms with Crippen LogP contribution < -0.4 is 5.73 Å². The van der Waals surface area contributed by atoms with Crippen molar-refractivity contribution in [2.75, 3.05) is 5.73 Å². The predicted octanol–water partition coefficient (Wildman–Crippen LogP) is 0.811. The van der Waals surface area contributed by atoms with Gasteiger partial charge in [0.15, 0.2) is 5.82 Å². The summed E-state index contributed by atoms with van der Waals surface area (Å²) >= 11 is 0. The number of pyridine rings is 1. The minimum atomic E-state index is 0.493. The normalized spacial score (nSPS) is 10.8. The minimum Gasteiger partial charge on any atom is -0.380 e. The number of aryl methyl sites for hydroxylation is 2. The molecule has 2 N–H and O–H groups in total. The van der Waals surface area contributed by atoms with Crippen LogP contribution in [0.1, 0.15) is 5.56 Å². The maximum Gasteiger partial charge on any atom is 0.172 e. The van der Waals surface area contributed by atoms with Gasteiger partial charge in [-0.3, -0.25) is 0 Å². The molecule has 0 radical (unpaired) electrons. The average molecular weight is 162 g/mol. The van der Waals surface area contributed by atoms with Gasteiger partial charge in [-0.2, -0.15) is 0 Å². The molecular formula is C8H10N4. The van der Waals surface area contributed by atoms with E-state index < -0.39 is 0 Å². The van der Waals surface area contributed by atoms with Gasteiger partial charge in [0.25, 0.3) is 0 Å². The Hall–Kier alpha value is -1.58. The second-order valence-corrected chi connectivity index (χ2v) is 2.95. The maximum atomic E-state index is 5.63. The Balaban J connectivity index is 2.82. The third kappa shape index (κ3) is 0.845. The summed E-state index contributed by atoms with van der Waals surface area (Å²) in [5, 5.41) is 7.75. The lowest BCUT2D eigenvalue weighted by atomic mass is 10.2. The van der Waals surface area contributed by atoms with Gasteiger partial charge in [0, 0.05) is 13.2 Å². The first-order valence-electron chi connectivity index (χ1n) is 3.73. The lowest BCUT2D eigenvalue weighted by molar-refractivity contribution is 0.905. The van der Waals surface area contributed by atoms with E-state index in [2.05, 4.69) is 10.2 Å². The summed E-state index contributed by atoms with van der Waals surface area (Å²) in [4.78, 5) is 0. The Kier molecular flexibility index (Phi) is 1.30. The molecule has 4 heteroatoms. The molecule has 0 saturated heterocycles. The van der Waals surface area contributed by atoms with Crippen molar-refractivity contribution in [1.29, 1.82) is 0 Å². The van der Waals surface area contributed by atoms with E-state index in [0.29, 0.717) is 5.82 Å². The van der Waals surface area contributed by atoms with Crippen molar-refractivity contribution in [1.82, 2.24) is 14.8 Å². The van der Waals surface area contributed by atoms with Crippen LogP contribution in [-0.4, -0.2) is 14.8 Å². The van der Waals surface area contributed by atoms with Gasteiger partial charge < -0.3 is 10.3 Å². The smallest absolute Gasteiger partial charge is 0.172 e. The highest BCUT2D eigenvalue weighted by Crippen LogP contribution is 2.24. The molecule has 0 unspecified atom stereocenters. The van der Waals surface area contributed by atoms with Crippen molar-refractivity contribution in [3.63, 3.8) is 0 Å². The van der Waals surface area contributed by atoms with Crippen LogP contribution in [-0.2, 0) is 7.05 Å². The van der Waals surface area contributed by atoms with Crippen molar-refractivity contribution < 1.29 is 0 Å². The van der Waals surface area contributed by atoms with Gasteiger partial charge in [-0.25, -0.2) is 0 Å². The van der Waals surface area contributed by atoms with Crippen LogP contribution >= 0.6 is 0 Å².